The van der Waals surface area contributed by atoms with Crippen LogP contribution in [0.3, 0.4) is 0 Å². The van der Waals surface area contributed by atoms with Gasteiger partial charge in [-0.1, -0.05) is 6.92 Å². The van der Waals surface area contributed by atoms with Crippen LogP contribution in [-0.2, 0) is 4.79 Å². The molecule has 7 nitrogen and oxygen atoms in total. The van der Waals surface area contributed by atoms with Crippen LogP contribution in [-0.4, -0.2) is 45.6 Å². The van der Waals surface area contributed by atoms with E-state index >= 15 is 0 Å². The Morgan fingerprint density at radius 1 is 1.44 bits per heavy atom. The van der Waals surface area contributed by atoms with Gasteiger partial charge >= 0.3 is 5.97 Å². The predicted molar refractivity (Wildman–Crippen MR) is 62.5 cm³/mol. The summed E-state index contributed by atoms with van der Waals surface area (Å²) in [5, 5.41) is 17.9. The first-order valence-corrected chi connectivity index (χ1v) is 5.23. The molecule has 1 heterocycles. The van der Waals surface area contributed by atoms with E-state index in [1.807, 2.05) is 0 Å². The molecule has 1 aromatic heterocycles. The van der Waals surface area contributed by atoms with E-state index < -0.39 is 29.2 Å². The van der Waals surface area contributed by atoms with E-state index in [2.05, 4.69) is 4.98 Å². The topological polar surface area (TPSA) is 111 Å². The molecule has 0 radical (unpaired) electrons. The highest BCUT2D eigenvalue weighted by atomic mass is 16.4. The first kappa shape index (κ1) is 13.8. The summed E-state index contributed by atoms with van der Waals surface area (Å²) < 4.78 is 0. The van der Waals surface area contributed by atoms with Crippen molar-refractivity contribution in [2.45, 2.75) is 6.92 Å². The number of amides is 1. The number of carboxylic acid groups (broad SMARTS) is 1. The maximum absolute atomic E-state index is 11.9. The molecule has 18 heavy (non-hydrogen) atoms. The number of aromatic hydroxyl groups is 1. The lowest BCUT2D eigenvalue weighted by atomic mass is 10.1. The molecule has 0 spiro atoms. The third-order valence-corrected chi connectivity index (χ3v) is 2.39. The summed E-state index contributed by atoms with van der Waals surface area (Å²) in [6.07, 6.45) is 0. The van der Waals surface area contributed by atoms with Gasteiger partial charge in [-0.05, 0) is 0 Å². The lowest BCUT2D eigenvalue weighted by Gasteiger charge is -2.19. The smallest absolute Gasteiger partial charge is 0.308 e. The summed E-state index contributed by atoms with van der Waals surface area (Å²) in [5.74, 6) is -2.66. The molecule has 7 heteroatoms. The molecule has 0 aliphatic carbocycles. The number of carbonyl (C=O) groups is 2. The maximum atomic E-state index is 11.9. The molecule has 1 rings (SSSR count). The van der Waals surface area contributed by atoms with E-state index in [0.717, 1.165) is 12.1 Å². The molecule has 1 atom stereocenters. The molecule has 0 aromatic carbocycles. The van der Waals surface area contributed by atoms with Gasteiger partial charge in [0.15, 0.2) is 5.88 Å². The summed E-state index contributed by atoms with van der Waals surface area (Å²) in [6, 6.07) is 2.16. The molecule has 0 aliphatic heterocycles. The van der Waals surface area contributed by atoms with Crippen molar-refractivity contribution in [1.29, 1.82) is 0 Å². The second-order valence-corrected chi connectivity index (χ2v) is 4.04. The number of carboxylic acids is 1. The number of carbonyl (C=O) groups excluding carboxylic acids is 1. The zero-order valence-electron chi connectivity index (χ0n) is 10.0. The van der Waals surface area contributed by atoms with Crippen LogP contribution in [0.2, 0.25) is 0 Å². The fourth-order valence-electron chi connectivity index (χ4n) is 1.44. The third kappa shape index (κ3) is 3.34. The molecule has 1 aromatic rings. The number of rotatable bonds is 4. The van der Waals surface area contributed by atoms with Crippen molar-refractivity contribution in [3.8, 4) is 5.88 Å². The van der Waals surface area contributed by atoms with E-state index in [9.17, 15) is 19.5 Å². The third-order valence-electron chi connectivity index (χ3n) is 2.39. The number of aromatic nitrogens is 1. The Hall–Kier alpha value is -2.31. The average Bonchev–Trinajstić information content (AvgIpc) is 2.26. The van der Waals surface area contributed by atoms with Gasteiger partial charge in [-0.15, -0.1) is 0 Å². The van der Waals surface area contributed by atoms with Crippen molar-refractivity contribution in [3.63, 3.8) is 0 Å². The molecule has 0 aliphatic rings. The summed E-state index contributed by atoms with van der Waals surface area (Å²) in [6.45, 7) is 1.49. The molecule has 0 fully saturated rings. The van der Waals surface area contributed by atoms with Crippen LogP contribution < -0.4 is 5.56 Å². The zero-order chi connectivity index (χ0) is 13.9. The van der Waals surface area contributed by atoms with Crippen molar-refractivity contribution in [3.05, 3.63) is 28.0 Å². The summed E-state index contributed by atoms with van der Waals surface area (Å²) in [5.41, 5.74) is -0.589. The van der Waals surface area contributed by atoms with E-state index in [1.165, 1.54) is 18.9 Å². The number of hydrogen-bond donors (Lipinski definition) is 3. The number of pyridine rings is 1. The monoisotopic (exact) mass is 254 g/mol. The Labute approximate surface area is 103 Å². The highest BCUT2D eigenvalue weighted by molar-refractivity contribution is 5.94. The quantitative estimate of drug-likeness (QED) is 0.693. The van der Waals surface area contributed by atoms with Crippen molar-refractivity contribution >= 4 is 11.9 Å². The number of hydrogen-bond acceptors (Lipinski definition) is 4. The van der Waals surface area contributed by atoms with Gasteiger partial charge < -0.3 is 15.1 Å². The van der Waals surface area contributed by atoms with E-state index in [-0.39, 0.29) is 12.1 Å². The minimum absolute atomic E-state index is 0.0105. The zero-order valence-corrected chi connectivity index (χ0v) is 10.0. The molecule has 1 unspecified atom stereocenters. The maximum Gasteiger partial charge on any atom is 0.308 e. The number of aliphatic carboxylic acids is 1. The van der Waals surface area contributed by atoms with Crippen molar-refractivity contribution in [2.24, 2.45) is 5.92 Å². The van der Waals surface area contributed by atoms with Gasteiger partial charge in [-0.2, -0.15) is 0 Å². The number of aromatic amines is 1. The largest absolute Gasteiger partial charge is 0.494 e. The Morgan fingerprint density at radius 2 is 2.06 bits per heavy atom. The molecular formula is C11H14N2O5. The second-order valence-electron chi connectivity index (χ2n) is 4.04. The molecule has 1 amide bonds. The average molecular weight is 254 g/mol. The normalized spacial score (nSPS) is 11.9. The Morgan fingerprint density at radius 3 is 2.56 bits per heavy atom. The van der Waals surface area contributed by atoms with Gasteiger partial charge in [0, 0.05) is 25.7 Å². The van der Waals surface area contributed by atoms with E-state index in [1.54, 1.807) is 0 Å². The predicted octanol–water partition coefficient (Wildman–Crippen LogP) is -0.127. The summed E-state index contributed by atoms with van der Waals surface area (Å²) in [4.78, 5) is 36.9. The van der Waals surface area contributed by atoms with Crippen molar-refractivity contribution in [2.75, 3.05) is 13.6 Å². The fourth-order valence-corrected chi connectivity index (χ4v) is 1.44. The lowest BCUT2D eigenvalue weighted by molar-refractivity contribution is -0.141. The van der Waals surface area contributed by atoms with Gasteiger partial charge in [0.05, 0.1) is 11.5 Å². The van der Waals surface area contributed by atoms with Crippen LogP contribution in [0.25, 0.3) is 0 Å². The molecule has 0 bridgehead atoms. The summed E-state index contributed by atoms with van der Waals surface area (Å²) >= 11 is 0. The van der Waals surface area contributed by atoms with Crippen molar-refractivity contribution in [1.82, 2.24) is 9.88 Å². The van der Waals surface area contributed by atoms with E-state index in [0.29, 0.717) is 0 Å². The lowest BCUT2D eigenvalue weighted by Crippen LogP contribution is -2.34. The Balaban J connectivity index is 2.86. The first-order valence-electron chi connectivity index (χ1n) is 5.23. The highest BCUT2D eigenvalue weighted by Crippen LogP contribution is 2.08. The fraction of sp³-hybridized carbons (Fsp3) is 0.364. The number of H-pyrrole nitrogens is 1. The Bertz CT molecular complexity index is 522. The summed E-state index contributed by atoms with van der Waals surface area (Å²) in [7, 11) is 1.43. The molecule has 0 saturated carbocycles. The second kappa shape index (κ2) is 5.35. The molecular weight excluding hydrogens is 240 g/mol. The molecule has 3 N–H and O–H groups in total. The first-order chi connectivity index (χ1) is 8.31. The number of nitrogens with one attached hydrogen (secondary N) is 1. The van der Waals surface area contributed by atoms with Crippen LogP contribution in [0, 0.1) is 5.92 Å². The number of nitrogens with zero attached hydrogens (tertiary/aromatic N) is 1. The van der Waals surface area contributed by atoms with Crippen LogP contribution in [0.1, 0.15) is 17.3 Å². The van der Waals surface area contributed by atoms with Gasteiger partial charge in [0.25, 0.3) is 11.5 Å². The Kier molecular flexibility index (Phi) is 4.09. The molecule has 0 saturated heterocycles. The van der Waals surface area contributed by atoms with Crippen molar-refractivity contribution < 1.29 is 19.8 Å². The van der Waals surface area contributed by atoms with Gasteiger partial charge in [-0.3, -0.25) is 19.4 Å². The van der Waals surface area contributed by atoms with Crippen LogP contribution in [0.4, 0.5) is 0 Å². The van der Waals surface area contributed by atoms with E-state index in [4.69, 9.17) is 5.11 Å². The minimum Gasteiger partial charge on any atom is -0.494 e. The van der Waals surface area contributed by atoms with Gasteiger partial charge in [-0.25, -0.2) is 0 Å². The van der Waals surface area contributed by atoms with Gasteiger partial charge in [0.1, 0.15) is 0 Å². The highest BCUT2D eigenvalue weighted by Gasteiger charge is 2.19. The standard InChI is InChI=1S/C11H14N2O5/c1-6(11(17)18)5-13(2)10(16)7-3-8(14)12-9(15)4-7/h3-4,6H,5H2,1-2H3,(H,17,18)(H2,12,14,15). The molecule has 98 valence electrons. The van der Waals surface area contributed by atoms with Crippen LogP contribution >= 0.6 is 0 Å². The van der Waals surface area contributed by atoms with Crippen LogP contribution in [0.5, 0.6) is 5.88 Å². The minimum atomic E-state index is -1.01. The van der Waals surface area contributed by atoms with Crippen LogP contribution in [0.15, 0.2) is 16.9 Å². The van der Waals surface area contributed by atoms with Gasteiger partial charge in [0.2, 0.25) is 0 Å². The SMILES string of the molecule is CC(CN(C)C(=O)c1cc(O)[nH]c(=O)c1)C(=O)O.